The second-order valence-corrected chi connectivity index (χ2v) is 5.77. The van der Waals surface area contributed by atoms with Gasteiger partial charge in [-0.2, -0.15) is 4.98 Å². The van der Waals surface area contributed by atoms with E-state index in [1.807, 2.05) is 54.0 Å². The highest BCUT2D eigenvalue weighted by Crippen LogP contribution is 2.19. The third kappa shape index (κ3) is 4.23. The third-order valence-corrected chi connectivity index (χ3v) is 3.70. The Morgan fingerprint density at radius 1 is 1.28 bits per heavy atom. The minimum Gasteiger partial charge on any atom is -0.378 e. The second-order valence-electron chi connectivity index (χ2n) is 5.77. The fourth-order valence-electron chi connectivity index (χ4n) is 2.30. The van der Waals surface area contributed by atoms with Crippen LogP contribution in [0.5, 0.6) is 0 Å². The molecule has 1 amide bonds. The highest BCUT2D eigenvalue weighted by molar-refractivity contribution is 5.89. The van der Waals surface area contributed by atoms with Crippen LogP contribution in [0.15, 0.2) is 47.5 Å². The maximum absolute atomic E-state index is 12.1. The highest BCUT2D eigenvalue weighted by atomic mass is 16.5. The largest absolute Gasteiger partial charge is 0.378 e. The number of nitrogens with zero attached hydrogens (tertiary/aromatic N) is 5. The van der Waals surface area contributed by atoms with Crippen LogP contribution in [0, 0.1) is 0 Å². The van der Waals surface area contributed by atoms with Gasteiger partial charge in [0.05, 0.1) is 6.33 Å². The van der Waals surface area contributed by atoms with Gasteiger partial charge in [-0.25, -0.2) is 4.98 Å². The van der Waals surface area contributed by atoms with Gasteiger partial charge in [-0.1, -0.05) is 5.16 Å². The van der Waals surface area contributed by atoms with Crippen molar-refractivity contribution >= 4 is 11.6 Å². The van der Waals surface area contributed by atoms with E-state index < -0.39 is 0 Å². The first-order chi connectivity index (χ1) is 12.1. The van der Waals surface area contributed by atoms with E-state index in [1.54, 1.807) is 12.5 Å². The van der Waals surface area contributed by atoms with Crippen LogP contribution in [0.3, 0.4) is 0 Å². The molecular formula is C17H20N6O2. The fourth-order valence-corrected chi connectivity index (χ4v) is 2.30. The normalized spacial score (nSPS) is 10.6. The number of rotatable bonds is 7. The van der Waals surface area contributed by atoms with Gasteiger partial charge < -0.3 is 19.3 Å². The minimum absolute atomic E-state index is 0.0330. The summed E-state index contributed by atoms with van der Waals surface area (Å²) in [6, 6.07) is 7.71. The van der Waals surface area contributed by atoms with Gasteiger partial charge in [-0.15, -0.1) is 0 Å². The number of aromatic nitrogens is 4. The van der Waals surface area contributed by atoms with Crippen LogP contribution in [-0.2, 0) is 6.54 Å². The predicted octanol–water partition coefficient (Wildman–Crippen LogP) is 1.82. The van der Waals surface area contributed by atoms with Gasteiger partial charge in [0.2, 0.25) is 5.82 Å². The Labute approximate surface area is 145 Å². The topological polar surface area (TPSA) is 89.1 Å². The molecule has 0 fully saturated rings. The van der Waals surface area contributed by atoms with Crippen LogP contribution < -0.4 is 10.2 Å². The standard InChI is InChI=1S/C17H20N6O2/c1-22(2)14-6-4-13(5-7-14)15-20-17(25-21-15)16(24)19-8-3-10-23-11-9-18-12-23/h4-7,9,11-12H,3,8,10H2,1-2H3,(H,19,24). The smallest absolute Gasteiger partial charge is 0.316 e. The molecule has 0 unspecified atom stereocenters. The maximum atomic E-state index is 12.1. The lowest BCUT2D eigenvalue weighted by Crippen LogP contribution is -2.25. The number of carbonyl (C=O) groups excluding carboxylic acids is 1. The molecule has 0 spiro atoms. The molecule has 0 saturated carbocycles. The molecule has 0 radical (unpaired) electrons. The van der Waals surface area contributed by atoms with Crippen molar-refractivity contribution in [2.24, 2.45) is 0 Å². The summed E-state index contributed by atoms with van der Waals surface area (Å²) in [6.07, 6.45) is 6.14. The van der Waals surface area contributed by atoms with E-state index in [1.165, 1.54) is 0 Å². The Kier molecular flexibility index (Phi) is 5.08. The molecule has 2 heterocycles. The molecule has 0 bridgehead atoms. The molecule has 25 heavy (non-hydrogen) atoms. The summed E-state index contributed by atoms with van der Waals surface area (Å²) >= 11 is 0. The molecule has 1 aromatic carbocycles. The van der Waals surface area contributed by atoms with Gasteiger partial charge >= 0.3 is 11.8 Å². The molecule has 8 nitrogen and oxygen atoms in total. The van der Waals surface area contributed by atoms with E-state index in [9.17, 15) is 4.79 Å². The molecule has 3 aromatic rings. The van der Waals surface area contributed by atoms with Crippen LogP contribution in [0.4, 0.5) is 5.69 Å². The summed E-state index contributed by atoms with van der Waals surface area (Å²) in [5.41, 5.74) is 1.87. The van der Waals surface area contributed by atoms with Gasteiger partial charge in [0.1, 0.15) is 0 Å². The molecular weight excluding hydrogens is 320 g/mol. The van der Waals surface area contributed by atoms with E-state index in [4.69, 9.17) is 4.52 Å². The fraction of sp³-hybridized carbons (Fsp3) is 0.294. The summed E-state index contributed by atoms with van der Waals surface area (Å²) in [4.78, 5) is 22.2. The van der Waals surface area contributed by atoms with Crippen molar-refractivity contribution in [1.29, 1.82) is 0 Å². The van der Waals surface area contributed by atoms with Gasteiger partial charge in [-0.3, -0.25) is 4.79 Å². The van der Waals surface area contributed by atoms with Crippen molar-refractivity contribution < 1.29 is 9.32 Å². The number of nitrogens with one attached hydrogen (secondary N) is 1. The van der Waals surface area contributed by atoms with Crippen molar-refractivity contribution in [2.75, 3.05) is 25.5 Å². The van der Waals surface area contributed by atoms with Crippen LogP contribution in [0.25, 0.3) is 11.4 Å². The first kappa shape index (κ1) is 16.7. The molecule has 0 aliphatic rings. The van der Waals surface area contributed by atoms with Gasteiger partial charge in [0.25, 0.3) is 0 Å². The van der Waals surface area contributed by atoms with Crippen molar-refractivity contribution in [3.8, 4) is 11.4 Å². The summed E-state index contributed by atoms with van der Waals surface area (Å²) < 4.78 is 7.02. The Balaban J connectivity index is 1.54. The predicted molar refractivity (Wildman–Crippen MR) is 93.2 cm³/mol. The minimum atomic E-state index is -0.366. The quantitative estimate of drug-likeness (QED) is 0.660. The molecule has 0 aliphatic carbocycles. The highest BCUT2D eigenvalue weighted by Gasteiger charge is 2.15. The summed E-state index contributed by atoms with van der Waals surface area (Å²) in [6.45, 7) is 1.31. The average molecular weight is 340 g/mol. The number of hydrogen-bond acceptors (Lipinski definition) is 6. The van der Waals surface area contributed by atoms with E-state index in [-0.39, 0.29) is 11.8 Å². The Morgan fingerprint density at radius 2 is 2.08 bits per heavy atom. The van der Waals surface area contributed by atoms with Crippen LogP contribution in [0.1, 0.15) is 17.1 Å². The first-order valence-corrected chi connectivity index (χ1v) is 7.99. The molecule has 0 atom stereocenters. The SMILES string of the molecule is CN(C)c1ccc(-c2noc(C(=O)NCCCn3ccnc3)n2)cc1. The van der Waals surface area contributed by atoms with Crippen LogP contribution in [-0.4, -0.2) is 46.2 Å². The van der Waals surface area contributed by atoms with Crippen molar-refractivity contribution in [1.82, 2.24) is 25.0 Å². The molecule has 3 rings (SSSR count). The van der Waals surface area contributed by atoms with Crippen LogP contribution in [0.2, 0.25) is 0 Å². The zero-order chi connectivity index (χ0) is 17.6. The molecule has 130 valence electrons. The Bertz CT molecular complexity index is 808. The molecule has 0 saturated heterocycles. The number of amides is 1. The zero-order valence-corrected chi connectivity index (χ0v) is 14.2. The lowest BCUT2D eigenvalue weighted by molar-refractivity contribution is 0.0909. The van der Waals surface area contributed by atoms with Crippen molar-refractivity contribution in [2.45, 2.75) is 13.0 Å². The molecule has 2 aromatic heterocycles. The second kappa shape index (κ2) is 7.61. The van der Waals surface area contributed by atoms with E-state index >= 15 is 0 Å². The van der Waals surface area contributed by atoms with Crippen LogP contribution >= 0.6 is 0 Å². The van der Waals surface area contributed by atoms with Gasteiger partial charge in [0.15, 0.2) is 0 Å². The van der Waals surface area contributed by atoms with Crippen molar-refractivity contribution in [3.63, 3.8) is 0 Å². The third-order valence-electron chi connectivity index (χ3n) is 3.70. The number of hydrogen-bond donors (Lipinski definition) is 1. The first-order valence-electron chi connectivity index (χ1n) is 7.99. The molecule has 0 aliphatic heterocycles. The number of anilines is 1. The lowest BCUT2D eigenvalue weighted by Gasteiger charge is -2.11. The molecule has 8 heteroatoms. The Hall–Kier alpha value is -3.16. The van der Waals surface area contributed by atoms with E-state index in [0.717, 1.165) is 24.2 Å². The number of aryl methyl sites for hydroxylation is 1. The zero-order valence-electron chi connectivity index (χ0n) is 14.2. The summed E-state index contributed by atoms with van der Waals surface area (Å²) in [5.74, 6) is -0.00233. The number of benzene rings is 1. The van der Waals surface area contributed by atoms with E-state index in [0.29, 0.717) is 12.4 Å². The number of carbonyl (C=O) groups is 1. The Morgan fingerprint density at radius 3 is 2.76 bits per heavy atom. The lowest BCUT2D eigenvalue weighted by atomic mass is 10.2. The molecule has 1 N–H and O–H groups in total. The average Bonchev–Trinajstić information content (AvgIpc) is 3.30. The summed E-state index contributed by atoms with van der Waals surface area (Å²) in [7, 11) is 3.94. The van der Waals surface area contributed by atoms with Gasteiger partial charge in [0, 0.05) is 50.8 Å². The monoisotopic (exact) mass is 340 g/mol. The number of imidazole rings is 1. The maximum Gasteiger partial charge on any atom is 0.316 e. The van der Waals surface area contributed by atoms with Gasteiger partial charge in [-0.05, 0) is 30.7 Å². The summed E-state index contributed by atoms with van der Waals surface area (Å²) in [5, 5.41) is 6.65. The van der Waals surface area contributed by atoms with Crippen molar-refractivity contribution in [3.05, 3.63) is 48.9 Å². The van der Waals surface area contributed by atoms with E-state index in [2.05, 4.69) is 20.4 Å².